The molecule has 1 aromatic rings. The highest BCUT2D eigenvalue weighted by molar-refractivity contribution is 7.09. The Morgan fingerprint density at radius 1 is 1.40 bits per heavy atom. The molecule has 114 valence electrons. The summed E-state index contributed by atoms with van der Waals surface area (Å²) in [5.41, 5.74) is 1.03. The van der Waals surface area contributed by atoms with Gasteiger partial charge < -0.3 is 4.90 Å². The molecule has 2 rings (SSSR count). The third kappa shape index (κ3) is 5.01. The van der Waals surface area contributed by atoms with Crippen molar-refractivity contribution in [2.75, 3.05) is 13.1 Å². The lowest BCUT2D eigenvalue weighted by Crippen LogP contribution is -2.37. The number of hydrogen-bond acceptors (Lipinski definition) is 3. The highest BCUT2D eigenvalue weighted by atomic mass is 35.5. The van der Waals surface area contributed by atoms with Crippen LogP contribution in [-0.4, -0.2) is 29.0 Å². The van der Waals surface area contributed by atoms with Crippen molar-refractivity contribution in [3.63, 3.8) is 0 Å². The van der Waals surface area contributed by atoms with E-state index in [0.717, 1.165) is 24.1 Å². The van der Waals surface area contributed by atoms with Crippen LogP contribution in [0.2, 0.25) is 0 Å². The molecular weight excluding hydrogens is 288 g/mol. The Hall–Kier alpha value is -0.120. The number of aryl methyl sites for hydroxylation is 1. The van der Waals surface area contributed by atoms with Crippen molar-refractivity contribution >= 4 is 22.9 Å². The van der Waals surface area contributed by atoms with Crippen molar-refractivity contribution in [3.05, 3.63) is 16.1 Å². The van der Waals surface area contributed by atoms with Gasteiger partial charge in [0.1, 0.15) is 0 Å². The topological polar surface area (TPSA) is 16.1 Å². The molecule has 0 bridgehead atoms. The summed E-state index contributed by atoms with van der Waals surface area (Å²) in [6.45, 7) is 7.12. The average molecular weight is 315 g/mol. The van der Waals surface area contributed by atoms with Crippen LogP contribution >= 0.6 is 22.9 Å². The Labute approximate surface area is 132 Å². The zero-order chi connectivity index (χ0) is 14.4. The van der Waals surface area contributed by atoms with Crippen LogP contribution < -0.4 is 0 Å². The number of hydrogen-bond donors (Lipinski definition) is 0. The fraction of sp³-hybridized carbons (Fsp3) is 0.812. The maximum Gasteiger partial charge on any atom is 0.0929 e. The van der Waals surface area contributed by atoms with Crippen LogP contribution in [0.1, 0.15) is 56.7 Å². The van der Waals surface area contributed by atoms with E-state index >= 15 is 0 Å². The third-order valence-electron chi connectivity index (χ3n) is 4.01. The van der Waals surface area contributed by atoms with Crippen molar-refractivity contribution in [2.24, 2.45) is 5.92 Å². The lowest BCUT2D eigenvalue weighted by atomic mass is 10.1. The van der Waals surface area contributed by atoms with Crippen molar-refractivity contribution in [2.45, 2.75) is 64.3 Å². The van der Waals surface area contributed by atoms with Crippen molar-refractivity contribution < 1.29 is 0 Å². The monoisotopic (exact) mass is 314 g/mol. The summed E-state index contributed by atoms with van der Waals surface area (Å²) in [5.74, 6) is 1.30. The van der Waals surface area contributed by atoms with Gasteiger partial charge in [-0.25, -0.2) is 4.98 Å². The van der Waals surface area contributed by atoms with Gasteiger partial charge in [0.05, 0.1) is 16.6 Å². The van der Waals surface area contributed by atoms with Gasteiger partial charge in [0.2, 0.25) is 0 Å². The number of rotatable bonds is 8. The van der Waals surface area contributed by atoms with Crippen LogP contribution in [0.4, 0.5) is 0 Å². The second-order valence-corrected chi connectivity index (χ2v) is 7.51. The van der Waals surface area contributed by atoms with Gasteiger partial charge in [-0.3, -0.25) is 0 Å². The predicted molar refractivity (Wildman–Crippen MR) is 88.7 cm³/mol. The van der Waals surface area contributed by atoms with Crippen LogP contribution in [0.25, 0.3) is 0 Å². The summed E-state index contributed by atoms with van der Waals surface area (Å²) in [4.78, 5) is 7.28. The molecule has 2 nitrogen and oxygen atoms in total. The van der Waals surface area contributed by atoms with Gasteiger partial charge >= 0.3 is 0 Å². The van der Waals surface area contributed by atoms with E-state index in [1.807, 2.05) is 0 Å². The Bertz CT molecular complexity index is 386. The summed E-state index contributed by atoms with van der Waals surface area (Å²) < 4.78 is 0. The fourth-order valence-electron chi connectivity index (χ4n) is 3.12. The molecule has 0 N–H and O–H groups in total. The number of nitrogens with zero attached hydrogens (tertiary/aromatic N) is 2. The van der Waals surface area contributed by atoms with Crippen LogP contribution in [0, 0.1) is 5.92 Å². The Kier molecular flexibility index (Phi) is 6.79. The van der Waals surface area contributed by atoms with Gasteiger partial charge in [-0.15, -0.1) is 22.9 Å². The quantitative estimate of drug-likeness (QED) is 0.646. The minimum absolute atomic E-state index is 0.540. The van der Waals surface area contributed by atoms with E-state index in [-0.39, 0.29) is 0 Å². The van der Waals surface area contributed by atoms with Crippen molar-refractivity contribution in [1.82, 2.24) is 9.88 Å². The SMILES string of the molecule is CC(C)CN(CCCc1nc(CCl)cs1)C1CCCC1. The first-order valence-corrected chi connectivity index (χ1v) is 9.33. The molecule has 0 unspecified atom stereocenters. The van der Waals surface area contributed by atoms with Gasteiger partial charge in [0.25, 0.3) is 0 Å². The molecule has 1 fully saturated rings. The molecule has 1 aliphatic rings. The molecule has 0 aromatic carbocycles. The highest BCUT2D eigenvalue weighted by Gasteiger charge is 2.22. The summed E-state index contributed by atoms with van der Waals surface area (Å²) in [5, 5.41) is 3.34. The Morgan fingerprint density at radius 3 is 2.75 bits per heavy atom. The zero-order valence-electron chi connectivity index (χ0n) is 12.8. The average Bonchev–Trinajstić information content (AvgIpc) is 3.08. The minimum Gasteiger partial charge on any atom is -0.300 e. The summed E-state index contributed by atoms with van der Waals surface area (Å²) in [7, 11) is 0. The molecule has 0 saturated heterocycles. The van der Waals surface area contributed by atoms with Crippen LogP contribution in [0.5, 0.6) is 0 Å². The largest absolute Gasteiger partial charge is 0.300 e. The third-order valence-corrected chi connectivity index (χ3v) is 5.24. The summed E-state index contributed by atoms with van der Waals surface area (Å²) in [6, 6.07) is 0.840. The molecule has 0 atom stereocenters. The predicted octanol–water partition coefficient (Wildman–Crippen LogP) is 4.72. The standard InChI is InChI=1S/C16H27ClN2S/c1-13(2)11-19(15-6-3-4-7-15)9-5-8-16-18-14(10-17)12-20-16/h12-13,15H,3-11H2,1-2H3. The van der Waals surface area contributed by atoms with Crippen molar-refractivity contribution in [3.8, 4) is 0 Å². The molecule has 20 heavy (non-hydrogen) atoms. The second-order valence-electron chi connectivity index (χ2n) is 6.30. The molecule has 0 radical (unpaired) electrons. The second kappa shape index (κ2) is 8.35. The van der Waals surface area contributed by atoms with Gasteiger partial charge in [-0.05, 0) is 31.7 Å². The molecule has 1 heterocycles. The highest BCUT2D eigenvalue weighted by Crippen LogP contribution is 2.24. The summed E-state index contributed by atoms with van der Waals surface area (Å²) in [6.07, 6.45) is 7.97. The first kappa shape index (κ1) is 16.3. The number of aromatic nitrogens is 1. The Morgan fingerprint density at radius 2 is 2.15 bits per heavy atom. The number of thiazole rings is 1. The van der Waals surface area contributed by atoms with E-state index in [2.05, 4.69) is 29.1 Å². The van der Waals surface area contributed by atoms with Gasteiger partial charge in [0.15, 0.2) is 0 Å². The first-order chi connectivity index (χ1) is 9.69. The maximum absolute atomic E-state index is 5.80. The van der Waals surface area contributed by atoms with Crippen LogP contribution in [-0.2, 0) is 12.3 Å². The first-order valence-electron chi connectivity index (χ1n) is 7.92. The number of alkyl halides is 1. The molecule has 0 aliphatic heterocycles. The molecule has 0 spiro atoms. The lowest BCUT2D eigenvalue weighted by molar-refractivity contribution is 0.175. The van der Waals surface area contributed by atoms with E-state index in [4.69, 9.17) is 11.6 Å². The lowest BCUT2D eigenvalue weighted by Gasteiger charge is -2.30. The molecule has 1 saturated carbocycles. The molecule has 0 amide bonds. The normalized spacial score (nSPS) is 16.6. The van der Waals surface area contributed by atoms with Crippen LogP contribution in [0.15, 0.2) is 5.38 Å². The van der Waals surface area contributed by atoms with Gasteiger partial charge in [-0.2, -0.15) is 0 Å². The zero-order valence-corrected chi connectivity index (χ0v) is 14.3. The number of halogens is 1. The smallest absolute Gasteiger partial charge is 0.0929 e. The van der Waals surface area contributed by atoms with E-state index in [0.29, 0.717) is 5.88 Å². The summed E-state index contributed by atoms with van der Waals surface area (Å²) >= 11 is 7.56. The molecule has 1 aromatic heterocycles. The molecule has 4 heteroatoms. The molecule has 1 aliphatic carbocycles. The van der Waals surface area contributed by atoms with E-state index in [1.165, 1.54) is 50.2 Å². The van der Waals surface area contributed by atoms with E-state index in [9.17, 15) is 0 Å². The van der Waals surface area contributed by atoms with Crippen LogP contribution in [0.3, 0.4) is 0 Å². The van der Waals surface area contributed by atoms with E-state index < -0.39 is 0 Å². The minimum atomic E-state index is 0.540. The van der Waals surface area contributed by atoms with Crippen molar-refractivity contribution in [1.29, 1.82) is 0 Å². The fourth-order valence-corrected chi connectivity index (χ4v) is 4.19. The van der Waals surface area contributed by atoms with Gasteiger partial charge in [-0.1, -0.05) is 26.7 Å². The Balaban J connectivity index is 1.78. The molecular formula is C16H27ClN2S. The van der Waals surface area contributed by atoms with Gasteiger partial charge in [0, 0.05) is 24.4 Å². The van der Waals surface area contributed by atoms with E-state index in [1.54, 1.807) is 11.3 Å². The maximum atomic E-state index is 5.80.